The Balaban J connectivity index is 2.52. The lowest BCUT2D eigenvalue weighted by atomic mass is 9.95. The molecule has 0 aliphatic rings. The number of nitrogens with one attached hydrogen (secondary N) is 2. The van der Waals surface area contributed by atoms with Crippen molar-refractivity contribution in [3.8, 4) is 0 Å². The lowest BCUT2D eigenvalue weighted by Crippen LogP contribution is -2.55. The second-order valence-electron chi connectivity index (χ2n) is 12.4. The molecule has 7 heteroatoms. The molecule has 2 rings (SSSR count). The van der Waals surface area contributed by atoms with Crippen molar-refractivity contribution in [3.05, 3.63) is 65.2 Å². The highest BCUT2D eigenvalue weighted by Crippen LogP contribution is 2.28. The second kappa shape index (κ2) is 16.9. The lowest BCUT2D eigenvalue weighted by Gasteiger charge is -2.36. The van der Waals surface area contributed by atoms with E-state index in [1.54, 1.807) is 25.7 Å². The van der Waals surface area contributed by atoms with E-state index in [1.165, 1.54) is 6.42 Å². The highest BCUT2D eigenvalue weighted by atomic mass is 16.6. The van der Waals surface area contributed by atoms with E-state index in [9.17, 15) is 14.4 Å². The topological polar surface area (TPSA) is 87.7 Å². The maximum absolute atomic E-state index is 14.5. The summed E-state index contributed by atoms with van der Waals surface area (Å²) in [5.74, 6) is -0.739. The summed E-state index contributed by atoms with van der Waals surface area (Å²) in [6, 6.07) is 13.7. The summed E-state index contributed by atoms with van der Waals surface area (Å²) in [5, 5.41) is 5.94. The quantitative estimate of drug-likeness (QED) is 0.209. The van der Waals surface area contributed by atoms with E-state index in [4.69, 9.17) is 4.74 Å². The molecule has 232 valence electrons. The largest absolute Gasteiger partial charge is 0.444 e. The van der Waals surface area contributed by atoms with Crippen LogP contribution in [0.2, 0.25) is 0 Å². The Hall–Kier alpha value is -3.35. The summed E-state index contributed by atoms with van der Waals surface area (Å²) in [4.78, 5) is 43.2. The summed E-state index contributed by atoms with van der Waals surface area (Å²) < 4.78 is 5.53. The molecule has 2 aromatic rings. The van der Waals surface area contributed by atoms with Crippen molar-refractivity contribution >= 4 is 23.6 Å². The van der Waals surface area contributed by atoms with E-state index in [0.29, 0.717) is 18.7 Å². The number of anilines is 1. The van der Waals surface area contributed by atoms with Crippen LogP contribution in [0.4, 0.5) is 10.5 Å². The van der Waals surface area contributed by atoms with Crippen LogP contribution in [0.25, 0.3) is 0 Å². The molecule has 0 fully saturated rings. The first-order valence-electron chi connectivity index (χ1n) is 15.6. The zero-order valence-electron chi connectivity index (χ0n) is 27.1. The second-order valence-corrected chi connectivity index (χ2v) is 12.4. The first kappa shape index (κ1) is 34.8. The summed E-state index contributed by atoms with van der Waals surface area (Å²) in [6.07, 6.45) is 6.31. The van der Waals surface area contributed by atoms with Crippen molar-refractivity contribution in [2.45, 2.75) is 118 Å². The van der Waals surface area contributed by atoms with Crippen LogP contribution in [-0.2, 0) is 14.3 Å². The summed E-state index contributed by atoms with van der Waals surface area (Å²) >= 11 is 0. The van der Waals surface area contributed by atoms with Crippen molar-refractivity contribution in [3.63, 3.8) is 0 Å². The van der Waals surface area contributed by atoms with Crippen molar-refractivity contribution in [2.24, 2.45) is 5.92 Å². The number of rotatable bonds is 15. The van der Waals surface area contributed by atoms with E-state index in [-0.39, 0.29) is 17.7 Å². The number of carbonyl (C=O) groups is 3. The average Bonchev–Trinajstić information content (AvgIpc) is 2.93. The number of hydrogen-bond acceptors (Lipinski definition) is 4. The minimum Gasteiger partial charge on any atom is -0.444 e. The molecule has 2 aromatic carbocycles. The van der Waals surface area contributed by atoms with Crippen LogP contribution in [-0.4, -0.2) is 41.0 Å². The Morgan fingerprint density at radius 3 is 2.10 bits per heavy atom. The molecule has 0 saturated heterocycles. The molecule has 0 heterocycles. The number of ether oxygens (including phenoxy) is 1. The number of carbonyl (C=O) groups excluding carboxylic acids is 3. The van der Waals surface area contributed by atoms with E-state index < -0.39 is 23.8 Å². The third-order valence-electron chi connectivity index (χ3n) is 7.54. The van der Waals surface area contributed by atoms with Gasteiger partial charge in [-0.05, 0) is 64.2 Å². The first-order chi connectivity index (χ1) is 19.9. The highest BCUT2D eigenvalue weighted by molar-refractivity contribution is 5.99. The van der Waals surface area contributed by atoms with Gasteiger partial charge in [-0.3, -0.25) is 9.59 Å². The van der Waals surface area contributed by atoms with Crippen molar-refractivity contribution in [1.82, 2.24) is 10.2 Å². The number of alkyl carbamates (subject to hydrolysis) is 1. The van der Waals surface area contributed by atoms with Crippen molar-refractivity contribution in [1.29, 1.82) is 0 Å². The summed E-state index contributed by atoms with van der Waals surface area (Å²) in [7, 11) is 0. The molecule has 0 bridgehead atoms. The molecule has 0 spiro atoms. The molecule has 0 saturated carbocycles. The van der Waals surface area contributed by atoms with Gasteiger partial charge in [0.25, 0.3) is 5.91 Å². The molecule has 0 radical (unpaired) electrons. The van der Waals surface area contributed by atoms with Gasteiger partial charge in [0.05, 0.1) is 0 Å². The number of unbranched alkanes of at least 4 members (excludes halogenated alkanes) is 5. The first-order valence-corrected chi connectivity index (χ1v) is 15.6. The third-order valence-corrected chi connectivity index (χ3v) is 7.54. The van der Waals surface area contributed by atoms with Crippen LogP contribution in [0.3, 0.4) is 0 Å². The van der Waals surface area contributed by atoms with Gasteiger partial charge in [0.2, 0.25) is 5.91 Å². The molecule has 42 heavy (non-hydrogen) atoms. The van der Waals surface area contributed by atoms with Gasteiger partial charge < -0.3 is 20.3 Å². The monoisotopic (exact) mass is 579 g/mol. The maximum atomic E-state index is 14.5. The Kier molecular flexibility index (Phi) is 14.1. The third kappa shape index (κ3) is 11.1. The van der Waals surface area contributed by atoms with Gasteiger partial charge in [-0.15, -0.1) is 0 Å². The van der Waals surface area contributed by atoms with E-state index in [1.807, 2.05) is 76.2 Å². The van der Waals surface area contributed by atoms with Gasteiger partial charge in [0.15, 0.2) is 0 Å². The SMILES string of the molecule is CCCCCCCCN(C(=O)C(NC(=O)OC(C)(C)C)C(C)CC)C(C(=O)Nc1ccccc1C)c1ccc(C)cc1. The number of hydrogen-bond donors (Lipinski definition) is 2. The Morgan fingerprint density at radius 2 is 1.50 bits per heavy atom. The maximum Gasteiger partial charge on any atom is 0.408 e. The number of para-hydroxylation sites is 1. The van der Waals surface area contributed by atoms with Gasteiger partial charge >= 0.3 is 6.09 Å². The van der Waals surface area contributed by atoms with Crippen LogP contribution < -0.4 is 10.6 Å². The molecule has 3 unspecified atom stereocenters. The van der Waals surface area contributed by atoms with E-state index >= 15 is 0 Å². The van der Waals surface area contributed by atoms with Crippen LogP contribution in [0.5, 0.6) is 0 Å². The predicted octanol–water partition coefficient (Wildman–Crippen LogP) is 8.11. The van der Waals surface area contributed by atoms with Crippen molar-refractivity contribution < 1.29 is 19.1 Å². The Labute approximate surface area is 253 Å². The van der Waals surface area contributed by atoms with Crippen molar-refractivity contribution in [2.75, 3.05) is 11.9 Å². The molecule has 0 aliphatic heterocycles. The smallest absolute Gasteiger partial charge is 0.408 e. The average molecular weight is 580 g/mol. The van der Waals surface area contributed by atoms with Gasteiger partial charge in [0, 0.05) is 12.2 Å². The molecule has 7 nitrogen and oxygen atoms in total. The number of amides is 3. The summed E-state index contributed by atoms with van der Waals surface area (Å²) in [6.45, 7) is 15.8. The van der Waals surface area contributed by atoms with E-state index in [0.717, 1.165) is 48.8 Å². The molecule has 2 N–H and O–H groups in total. The molecule has 0 aliphatic carbocycles. The number of nitrogens with zero attached hydrogens (tertiary/aromatic N) is 1. The minimum atomic E-state index is -0.875. The highest BCUT2D eigenvalue weighted by Gasteiger charge is 2.38. The van der Waals surface area contributed by atoms with Crippen LogP contribution in [0.15, 0.2) is 48.5 Å². The molecule has 3 amide bonds. The van der Waals surface area contributed by atoms with E-state index in [2.05, 4.69) is 17.6 Å². The number of benzene rings is 2. The van der Waals surface area contributed by atoms with Crippen LogP contribution >= 0.6 is 0 Å². The molecular formula is C35H53N3O4. The lowest BCUT2D eigenvalue weighted by molar-refractivity contribution is -0.142. The minimum absolute atomic E-state index is 0.171. The summed E-state index contributed by atoms with van der Waals surface area (Å²) in [5.41, 5.74) is 2.73. The molecule has 0 aromatic heterocycles. The van der Waals surface area contributed by atoms with Gasteiger partial charge in [-0.25, -0.2) is 4.79 Å². The van der Waals surface area contributed by atoms with Crippen LogP contribution in [0.1, 0.15) is 109 Å². The van der Waals surface area contributed by atoms with Gasteiger partial charge in [-0.1, -0.05) is 107 Å². The number of aryl methyl sites for hydroxylation is 2. The van der Waals surface area contributed by atoms with Gasteiger partial charge in [-0.2, -0.15) is 0 Å². The zero-order valence-corrected chi connectivity index (χ0v) is 27.1. The standard InChI is InChI=1S/C35H53N3O4/c1-9-11-12-13-14-17-24-38(33(40)30(26(4)10-2)37-34(41)42-35(6,7)8)31(28-22-20-25(3)21-23-28)32(39)36-29-19-16-15-18-27(29)5/h15-16,18-23,26,30-31H,9-14,17,24H2,1-8H3,(H,36,39)(H,37,41). The Bertz CT molecular complexity index is 1140. The Morgan fingerprint density at radius 1 is 0.881 bits per heavy atom. The van der Waals surface area contributed by atoms with Crippen LogP contribution in [0, 0.1) is 19.8 Å². The van der Waals surface area contributed by atoms with Gasteiger partial charge in [0.1, 0.15) is 17.7 Å². The molecule has 3 atom stereocenters. The predicted molar refractivity (Wildman–Crippen MR) is 171 cm³/mol. The zero-order chi connectivity index (χ0) is 31.3. The fourth-order valence-electron chi connectivity index (χ4n) is 4.86. The fraction of sp³-hybridized carbons (Fsp3) is 0.571. The normalized spacial score (nSPS) is 13.5. The molecular weight excluding hydrogens is 526 g/mol. The fourth-order valence-corrected chi connectivity index (χ4v) is 4.86.